The molecule has 2 rings (SSSR count). The van der Waals surface area contributed by atoms with E-state index >= 15 is 0 Å². The molecule has 0 bridgehead atoms. The van der Waals surface area contributed by atoms with E-state index in [1.54, 1.807) is 6.92 Å². The molecule has 0 aliphatic heterocycles. The van der Waals surface area contributed by atoms with Crippen molar-refractivity contribution < 1.29 is 17.0 Å². The topological polar surface area (TPSA) is 63.2 Å². The number of hydrogen-bond acceptors (Lipinski definition) is 3. The van der Waals surface area contributed by atoms with Crippen LogP contribution >= 0.6 is 0 Å². The number of aromatic nitrogens is 3. The van der Waals surface area contributed by atoms with Gasteiger partial charge in [0.2, 0.25) is 0 Å². The molecular weight excluding hydrogens is 290 g/mol. The Morgan fingerprint density at radius 2 is 1.90 bits per heavy atom. The average molecular weight is 308 g/mol. The smallest absolute Gasteiger partial charge is 0.421 e. The Bertz CT molecular complexity index is 705. The fraction of sp³-hybridized carbons (Fsp3) is 0.308. The summed E-state index contributed by atoms with van der Waals surface area (Å²) in [4.78, 5) is 0. The summed E-state index contributed by atoms with van der Waals surface area (Å²) < 4.78 is 5.64. The summed E-state index contributed by atoms with van der Waals surface area (Å²) in [6.45, 7) is 1.76. The number of azo groups is 1. The van der Waals surface area contributed by atoms with Crippen LogP contribution in [0.2, 0.25) is 0 Å². The first-order valence-corrected chi connectivity index (χ1v) is 6.20. The van der Waals surface area contributed by atoms with Gasteiger partial charge in [0, 0.05) is 25.3 Å². The SMILES string of the molecule is CC(N=Nc1n(C)cc[n+]1C)=NN=c1ccccn1C.[Cl-]. The Morgan fingerprint density at radius 3 is 2.52 bits per heavy atom. The minimum Gasteiger partial charge on any atom is -1.00 e. The van der Waals surface area contributed by atoms with Gasteiger partial charge in [-0.3, -0.25) is 0 Å². The molecule has 7 nitrogen and oxygen atoms in total. The van der Waals surface area contributed by atoms with Gasteiger partial charge in [-0.25, -0.2) is 9.13 Å². The molecule has 0 radical (unpaired) electrons. The van der Waals surface area contributed by atoms with E-state index in [1.165, 1.54) is 0 Å². The predicted octanol–water partition coefficient (Wildman–Crippen LogP) is -1.79. The van der Waals surface area contributed by atoms with Gasteiger partial charge in [0.05, 0.1) is 26.5 Å². The second kappa shape index (κ2) is 7.49. The fourth-order valence-corrected chi connectivity index (χ4v) is 1.60. The maximum atomic E-state index is 4.15. The van der Waals surface area contributed by atoms with Gasteiger partial charge in [-0.15, -0.1) is 10.2 Å². The molecule has 0 atom stereocenters. The van der Waals surface area contributed by atoms with Crippen LogP contribution in [-0.2, 0) is 21.1 Å². The normalized spacial score (nSPS) is 12.8. The van der Waals surface area contributed by atoms with Gasteiger partial charge in [-0.2, -0.15) is 0 Å². The summed E-state index contributed by atoms with van der Waals surface area (Å²) in [6, 6.07) is 5.73. The second-order valence-electron chi connectivity index (χ2n) is 4.44. The van der Waals surface area contributed by atoms with E-state index in [1.807, 2.05) is 71.6 Å². The molecule has 2 heterocycles. The minimum absolute atomic E-state index is 0. The first-order chi connectivity index (χ1) is 9.58. The van der Waals surface area contributed by atoms with Gasteiger partial charge < -0.3 is 17.0 Å². The number of rotatable bonds is 2. The molecule has 0 saturated carbocycles. The molecule has 8 heteroatoms. The Hall–Kier alpha value is -2.28. The Labute approximate surface area is 129 Å². The second-order valence-corrected chi connectivity index (χ2v) is 4.44. The molecule has 2 aromatic rings. The fourth-order valence-electron chi connectivity index (χ4n) is 1.60. The molecule has 0 spiro atoms. The number of nitrogens with zero attached hydrogens (tertiary/aromatic N) is 7. The van der Waals surface area contributed by atoms with Crippen LogP contribution in [0.15, 0.2) is 57.2 Å². The monoisotopic (exact) mass is 307 g/mol. The average Bonchev–Trinajstić information content (AvgIpc) is 2.75. The summed E-state index contributed by atoms with van der Waals surface area (Å²) in [6.07, 6.45) is 5.74. The molecular formula is C13H18ClN7. The number of amidine groups is 1. The van der Waals surface area contributed by atoms with Crippen LogP contribution in [0.4, 0.5) is 5.95 Å². The first-order valence-electron chi connectivity index (χ1n) is 6.20. The first kappa shape index (κ1) is 16.8. The van der Waals surface area contributed by atoms with Crippen LogP contribution in [0.3, 0.4) is 0 Å². The summed E-state index contributed by atoms with van der Waals surface area (Å²) in [5.74, 6) is 1.24. The maximum absolute atomic E-state index is 4.15. The highest BCUT2D eigenvalue weighted by molar-refractivity contribution is 5.79. The number of pyridine rings is 1. The van der Waals surface area contributed by atoms with E-state index in [0.29, 0.717) is 5.84 Å². The summed E-state index contributed by atoms with van der Waals surface area (Å²) in [5, 5.41) is 16.4. The summed E-state index contributed by atoms with van der Waals surface area (Å²) in [5.41, 5.74) is 0.756. The highest BCUT2D eigenvalue weighted by Gasteiger charge is 2.10. The van der Waals surface area contributed by atoms with Crippen LogP contribution in [0.5, 0.6) is 0 Å². The molecule has 112 valence electrons. The lowest BCUT2D eigenvalue weighted by molar-refractivity contribution is -0.657. The van der Waals surface area contributed by atoms with Crippen LogP contribution in [0.1, 0.15) is 6.92 Å². The van der Waals surface area contributed by atoms with Gasteiger partial charge in [0.25, 0.3) is 0 Å². The zero-order valence-corrected chi connectivity index (χ0v) is 13.2. The Balaban J connectivity index is 0.00000220. The molecule has 21 heavy (non-hydrogen) atoms. The van der Waals surface area contributed by atoms with E-state index in [4.69, 9.17) is 0 Å². The zero-order chi connectivity index (χ0) is 14.5. The van der Waals surface area contributed by atoms with Gasteiger partial charge >= 0.3 is 5.95 Å². The molecule has 0 aliphatic carbocycles. The molecule has 0 aromatic carbocycles. The van der Waals surface area contributed by atoms with Crippen LogP contribution in [-0.4, -0.2) is 15.0 Å². The van der Waals surface area contributed by atoms with Crippen molar-refractivity contribution in [3.05, 3.63) is 42.3 Å². The third kappa shape index (κ3) is 4.35. The summed E-state index contributed by atoms with van der Waals surface area (Å²) >= 11 is 0. The maximum Gasteiger partial charge on any atom is 0.421 e. The quantitative estimate of drug-likeness (QED) is 0.207. The molecule has 2 aromatic heterocycles. The molecule has 0 aliphatic rings. The van der Waals surface area contributed by atoms with Crippen molar-refractivity contribution in [1.82, 2.24) is 9.13 Å². The number of aryl methyl sites for hydroxylation is 3. The van der Waals surface area contributed by atoms with Crippen molar-refractivity contribution in [2.24, 2.45) is 41.6 Å². The predicted molar refractivity (Wildman–Crippen MR) is 75.2 cm³/mol. The van der Waals surface area contributed by atoms with Crippen LogP contribution < -0.4 is 22.5 Å². The highest BCUT2D eigenvalue weighted by atomic mass is 35.5. The minimum atomic E-state index is 0. The third-order valence-electron chi connectivity index (χ3n) is 2.75. The van der Waals surface area contributed by atoms with Crippen molar-refractivity contribution in [1.29, 1.82) is 0 Å². The van der Waals surface area contributed by atoms with E-state index in [0.717, 1.165) is 11.4 Å². The van der Waals surface area contributed by atoms with Gasteiger partial charge in [0.15, 0.2) is 11.3 Å². The zero-order valence-electron chi connectivity index (χ0n) is 12.5. The molecule has 0 fully saturated rings. The van der Waals surface area contributed by atoms with E-state index in [-0.39, 0.29) is 12.4 Å². The lowest BCUT2D eigenvalue weighted by Gasteiger charge is -1.94. The van der Waals surface area contributed by atoms with Crippen LogP contribution in [0, 0.1) is 0 Å². The van der Waals surface area contributed by atoms with Crippen molar-refractivity contribution >= 4 is 11.8 Å². The number of imidazole rings is 1. The van der Waals surface area contributed by atoms with Crippen LogP contribution in [0.25, 0.3) is 0 Å². The van der Waals surface area contributed by atoms with Gasteiger partial charge in [-0.05, 0) is 12.1 Å². The largest absolute Gasteiger partial charge is 1.00 e. The lowest BCUT2D eigenvalue weighted by Crippen LogP contribution is -3.00. The highest BCUT2D eigenvalue weighted by Crippen LogP contribution is 2.03. The number of halogens is 1. The van der Waals surface area contributed by atoms with E-state index in [2.05, 4.69) is 20.4 Å². The molecule has 0 saturated heterocycles. The molecule has 0 N–H and O–H groups in total. The lowest BCUT2D eigenvalue weighted by atomic mass is 10.5. The van der Waals surface area contributed by atoms with Gasteiger partial charge in [-0.1, -0.05) is 11.2 Å². The van der Waals surface area contributed by atoms with Crippen molar-refractivity contribution in [3.8, 4) is 0 Å². The van der Waals surface area contributed by atoms with E-state index in [9.17, 15) is 0 Å². The summed E-state index contributed by atoms with van der Waals surface area (Å²) in [7, 11) is 5.74. The Morgan fingerprint density at radius 1 is 1.14 bits per heavy atom. The van der Waals surface area contributed by atoms with Crippen molar-refractivity contribution in [2.45, 2.75) is 6.92 Å². The van der Waals surface area contributed by atoms with Crippen molar-refractivity contribution in [3.63, 3.8) is 0 Å². The standard InChI is InChI=1S/C13H18N7.ClH/c1-11(14-16-12-7-5-6-8-18(12)2)15-17-13-19(3)9-10-20(13)4;/h5-10H,1-4H3;1H/q+1;/p-1. The molecule has 0 unspecified atom stereocenters. The van der Waals surface area contributed by atoms with Crippen molar-refractivity contribution in [2.75, 3.05) is 0 Å². The van der Waals surface area contributed by atoms with Gasteiger partial charge in [0.1, 0.15) is 0 Å². The van der Waals surface area contributed by atoms with E-state index < -0.39 is 0 Å². The number of hydrogen-bond donors (Lipinski definition) is 0. The molecule has 0 amide bonds. The third-order valence-corrected chi connectivity index (χ3v) is 2.75. The Kier molecular flexibility index (Phi) is 5.98.